The number of hydrogen-bond acceptors (Lipinski definition) is 2. The third kappa shape index (κ3) is 3.55. The summed E-state index contributed by atoms with van der Waals surface area (Å²) >= 11 is 8.97. The molecular formula is C11H15Br2NS. The van der Waals surface area contributed by atoms with Crippen molar-refractivity contribution in [3.8, 4) is 0 Å². The summed E-state index contributed by atoms with van der Waals surface area (Å²) in [7, 11) is 2.22. The summed E-state index contributed by atoms with van der Waals surface area (Å²) in [5.74, 6) is 0.905. The van der Waals surface area contributed by atoms with Gasteiger partial charge in [0.05, 0.1) is 3.79 Å². The predicted molar refractivity (Wildman–Crippen MR) is 73.8 cm³/mol. The Bertz CT molecular complexity index is 320. The van der Waals surface area contributed by atoms with Gasteiger partial charge in [-0.15, -0.1) is 11.3 Å². The highest BCUT2D eigenvalue weighted by Crippen LogP contribution is 2.34. The highest BCUT2D eigenvalue weighted by molar-refractivity contribution is 9.11. The van der Waals surface area contributed by atoms with Gasteiger partial charge >= 0.3 is 0 Å². The molecule has 1 nitrogen and oxygen atoms in total. The van der Waals surface area contributed by atoms with E-state index >= 15 is 0 Å². The van der Waals surface area contributed by atoms with Crippen LogP contribution in [0.4, 0.5) is 0 Å². The van der Waals surface area contributed by atoms with Gasteiger partial charge in [0.25, 0.3) is 0 Å². The first-order valence-corrected chi connectivity index (χ1v) is 7.73. The Hall–Kier alpha value is 0.620. The Morgan fingerprint density at radius 1 is 1.47 bits per heavy atom. The minimum atomic E-state index is 0.784. The molecule has 0 aliphatic heterocycles. The topological polar surface area (TPSA) is 3.24 Å². The molecule has 1 fully saturated rings. The largest absolute Gasteiger partial charge is 0.301 e. The molecule has 0 unspecified atom stereocenters. The van der Waals surface area contributed by atoms with Crippen LogP contribution in [-0.2, 0) is 6.54 Å². The van der Waals surface area contributed by atoms with E-state index in [1.54, 1.807) is 0 Å². The number of thiophene rings is 1. The van der Waals surface area contributed by atoms with E-state index in [1.807, 2.05) is 11.3 Å². The zero-order valence-electron chi connectivity index (χ0n) is 8.75. The maximum atomic E-state index is 3.64. The van der Waals surface area contributed by atoms with Crippen molar-refractivity contribution in [3.63, 3.8) is 0 Å². The molecule has 0 aromatic carbocycles. The Kier molecular flexibility index (Phi) is 4.27. The Morgan fingerprint density at radius 3 is 2.73 bits per heavy atom. The van der Waals surface area contributed by atoms with E-state index in [1.165, 1.54) is 28.0 Å². The molecule has 15 heavy (non-hydrogen) atoms. The quantitative estimate of drug-likeness (QED) is 0.737. The van der Waals surface area contributed by atoms with Gasteiger partial charge in [-0.25, -0.2) is 0 Å². The fourth-order valence-electron chi connectivity index (χ4n) is 2.01. The summed E-state index contributed by atoms with van der Waals surface area (Å²) < 4.78 is 1.23. The molecule has 0 radical (unpaired) electrons. The van der Waals surface area contributed by atoms with E-state index in [4.69, 9.17) is 0 Å². The Labute approximate surface area is 112 Å². The third-order valence-electron chi connectivity index (χ3n) is 2.80. The molecule has 1 heterocycles. The summed E-state index contributed by atoms with van der Waals surface area (Å²) in [6.07, 6.45) is 2.69. The summed E-state index contributed by atoms with van der Waals surface area (Å²) in [5.41, 5.74) is 0. The minimum Gasteiger partial charge on any atom is -0.301 e. The molecular weight excluding hydrogens is 338 g/mol. The molecule has 0 atom stereocenters. The normalized spacial score (nSPS) is 25.6. The van der Waals surface area contributed by atoms with Crippen molar-refractivity contribution in [3.05, 3.63) is 20.8 Å². The van der Waals surface area contributed by atoms with Crippen molar-refractivity contribution in [1.82, 2.24) is 4.90 Å². The Balaban J connectivity index is 1.75. The summed E-state index contributed by atoms with van der Waals surface area (Å²) in [5, 5.41) is 0. The van der Waals surface area contributed by atoms with Crippen LogP contribution in [0.1, 0.15) is 17.7 Å². The van der Waals surface area contributed by atoms with E-state index < -0.39 is 0 Å². The number of rotatable bonds is 4. The van der Waals surface area contributed by atoms with E-state index in [-0.39, 0.29) is 0 Å². The molecule has 0 bridgehead atoms. The second-order valence-electron chi connectivity index (χ2n) is 4.34. The van der Waals surface area contributed by atoms with Crippen LogP contribution in [0, 0.1) is 5.92 Å². The van der Waals surface area contributed by atoms with Gasteiger partial charge in [-0.1, -0.05) is 15.9 Å². The maximum Gasteiger partial charge on any atom is 0.0701 e. The van der Waals surface area contributed by atoms with E-state index in [2.05, 4.69) is 55.9 Å². The van der Waals surface area contributed by atoms with Gasteiger partial charge in [0.2, 0.25) is 0 Å². The number of halogens is 2. The predicted octanol–water partition coefficient (Wildman–Crippen LogP) is 4.12. The van der Waals surface area contributed by atoms with Crippen molar-refractivity contribution in [2.75, 3.05) is 13.6 Å². The van der Waals surface area contributed by atoms with E-state index in [0.717, 1.165) is 17.3 Å². The van der Waals surface area contributed by atoms with E-state index in [0.29, 0.717) is 0 Å². The molecule has 0 amide bonds. The van der Waals surface area contributed by atoms with Crippen LogP contribution >= 0.6 is 43.2 Å². The standard InChI is InChI=1S/C11H15Br2NS/c1-14(6-8-4-9(12)5-8)7-10-2-3-11(13)15-10/h2-3,8-9H,4-7H2,1H3. The van der Waals surface area contributed by atoms with Crippen molar-refractivity contribution < 1.29 is 0 Å². The molecule has 0 N–H and O–H groups in total. The molecule has 1 aromatic heterocycles. The molecule has 1 aliphatic rings. The highest BCUT2D eigenvalue weighted by Gasteiger charge is 2.27. The Morgan fingerprint density at radius 2 is 2.20 bits per heavy atom. The van der Waals surface area contributed by atoms with Gasteiger partial charge in [-0.2, -0.15) is 0 Å². The lowest BCUT2D eigenvalue weighted by Crippen LogP contribution is -2.34. The van der Waals surface area contributed by atoms with Gasteiger partial charge in [0.15, 0.2) is 0 Å². The molecule has 2 rings (SSSR count). The zero-order chi connectivity index (χ0) is 10.8. The third-order valence-corrected chi connectivity index (χ3v) is 5.16. The van der Waals surface area contributed by atoms with E-state index in [9.17, 15) is 0 Å². The van der Waals surface area contributed by atoms with Gasteiger partial charge < -0.3 is 4.90 Å². The first-order valence-electron chi connectivity index (χ1n) is 5.20. The maximum absolute atomic E-state index is 3.64. The average molecular weight is 353 g/mol. The number of hydrogen-bond donors (Lipinski definition) is 0. The molecule has 1 aliphatic carbocycles. The van der Waals surface area contributed by atoms with Crippen molar-refractivity contribution in [2.45, 2.75) is 24.2 Å². The van der Waals surface area contributed by atoms with Crippen LogP contribution in [0.2, 0.25) is 0 Å². The van der Waals surface area contributed by atoms with Crippen LogP contribution in [0.25, 0.3) is 0 Å². The van der Waals surface area contributed by atoms with Crippen LogP contribution in [0.5, 0.6) is 0 Å². The SMILES string of the molecule is CN(Cc1ccc(Br)s1)CC1CC(Br)C1. The number of alkyl halides is 1. The average Bonchev–Trinajstić information content (AvgIpc) is 2.48. The first-order chi connectivity index (χ1) is 7.13. The van der Waals surface area contributed by atoms with Gasteiger partial charge in [-0.3, -0.25) is 0 Å². The van der Waals surface area contributed by atoms with Crippen LogP contribution < -0.4 is 0 Å². The molecule has 0 saturated heterocycles. The fraction of sp³-hybridized carbons (Fsp3) is 0.636. The van der Waals surface area contributed by atoms with Gasteiger partial charge in [-0.05, 0) is 53.9 Å². The molecule has 1 saturated carbocycles. The van der Waals surface area contributed by atoms with Crippen molar-refractivity contribution in [2.24, 2.45) is 5.92 Å². The van der Waals surface area contributed by atoms with Gasteiger partial charge in [0, 0.05) is 22.8 Å². The van der Waals surface area contributed by atoms with Crippen LogP contribution in [0.15, 0.2) is 15.9 Å². The van der Waals surface area contributed by atoms with Crippen molar-refractivity contribution >= 4 is 43.2 Å². The lowest BCUT2D eigenvalue weighted by Gasteiger charge is -2.34. The minimum absolute atomic E-state index is 0.784. The van der Waals surface area contributed by atoms with Crippen molar-refractivity contribution in [1.29, 1.82) is 0 Å². The first kappa shape index (κ1) is 12.1. The number of nitrogens with zero attached hydrogens (tertiary/aromatic N) is 1. The summed E-state index contributed by atoms with van der Waals surface area (Å²) in [4.78, 5) is 4.66. The van der Waals surface area contributed by atoms with Crippen LogP contribution in [-0.4, -0.2) is 23.3 Å². The zero-order valence-corrected chi connectivity index (χ0v) is 12.7. The molecule has 84 valence electrons. The lowest BCUT2D eigenvalue weighted by atomic mass is 9.85. The van der Waals surface area contributed by atoms with Crippen LogP contribution in [0.3, 0.4) is 0 Å². The molecule has 4 heteroatoms. The fourth-order valence-corrected chi connectivity index (χ4v) is 4.63. The summed E-state index contributed by atoms with van der Waals surface area (Å²) in [6, 6.07) is 4.34. The summed E-state index contributed by atoms with van der Waals surface area (Å²) in [6.45, 7) is 2.32. The van der Waals surface area contributed by atoms with Gasteiger partial charge in [0.1, 0.15) is 0 Å². The molecule has 0 spiro atoms. The second kappa shape index (κ2) is 5.30. The molecule has 1 aromatic rings. The smallest absolute Gasteiger partial charge is 0.0701 e. The highest BCUT2D eigenvalue weighted by atomic mass is 79.9. The second-order valence-corrected chi connectivity index (χ2v) is 8.18. The lowest BCUT2D eigenvalue weighted by molar-refractivity contribution is 0.209. The monoisotopic (exact) mass is 351 g/mol.